The van der Waals surface area contributed by atoms with Crippen LogP contribution in [0.5, 0.6) is 5.75 Å². The highest BCUT2D eigenvalue weighted by molar-refractivity contribution is 5.85. The van der Waals surface area contributed by atoms with Gasteiger partial charge in [-0.25, -0.2) is 9.78 Å². The molecule has 2 unspecified atom stereocenters. The normalized spacial score (nSPS) is 18.4. The van der Waals surface area contributed by atoms with Gasteiger partial charge in [-0.3, -0.25) is 4.90 Å². The van der Waals surface area contributed by atoms with Crippen LogP contribution in [0.15, 0.2) is 36.7 Å². The smallest absolute Gasteiger partial charge is 0.346 e. The Hall–Kier alpha value is -2.09. The zero-order valence-corrected chi connectivity index (χ0v) is 16.7. The molecule has 3 rings (SSSR count). The van der Waals surface area contributed by atoms with E-state index in [1.54, 1.807) is 6.92 Å². The fourth-order valence-corrected chi connectivity index (χ4v) is 3.21. The van der Waals surface area contributed by atoms with Crippen LogP contribution in [0.25, 0.3) is 0 Å². The summed E-state index contributed by atoms with van der Waals surface area (Å²) in [5.74, 6) is 1.35. The molecule has 0 aliphatic carbocycles. The number of aromatic nitrogens is 2. The number of ether oxygens (including phenoxy) is 2. The lowest BCUT2D eigenvalue weighted by Gasteiger charge is -2.35. The minimum atomic E-state index is -0.619. The number of halogens is 1. The summed E-state index contributed by atoms with van der Waals surface area (Å²) in [7, 11) is 3.39. The standard InChI is InChI=1S/C19H26N4O3.ClH/c1-14(19(24)25-3)26-16-6-4-15(5-7-16)13-23-11-8-20-12-17(23)18-21-9-10-22(18)2;/h4-7,9-10,14,17,20H,8,11-13H2,1-3H3;1H. The van der Waals surface area contributed by atoms with Crippen molar-refractivity contribution in [3.05, 3.63) is 48.0 Å². The molecule has 27 heavy (non-hydrogen) atoms. The van der Waals surface area contributed by atoms with E-state index >= 15 is 0 Å². The first-order chi connectivity index (χ1) is 12.6. The van der Waals surface area contributed by atoms with Crippen molar-refractivity contribution in [3.8, 4) is 5.75 Å². The summed E-state index contributed by atoms with van der Waals surface area (Å²) in [6.45, 7) is 5.35. The van der Waals surface area contributed by atoms with Crippen LogP contribution in [0, 0.1) is 0 Å². The Kier molecular flexibility index (Phi) is 7.65. The summed E-state index contributed by atoms with van der Waals surface area (Å²) in [5, 5.41) is 3.45. The Morgan fingerprint density at radius 2 is 2.11 bits per heavy atom. The Morgan fingerprint density at radius 1 is 1.37 bits per heavy atom. The Bertz CT molecular complexity index is 735. The number of rotatable bonds is 6. The zero-order valence-electron chi connectivity index (χ0n) is 15.9. The Labute approximate surface area is 166 Å². The number of benzene rings is 1. The molecular formula is C19H27ClN4O3. The maximum Gasteiger partial charge on any atom is 0.346 e. The third-order valence-electron chi connectivity index (χ3n) is 4.67. The number of imidazole rings is 1. The number of nitrogens with one attached hydrogen (secondary N) is 1. The second-order valence-electron chi connectivity index (χ2n) is 6.51. The molecule has 0 amide bonds. The molecule has 1 N–H and O–H groups in total. The maximum atomic E-state index is 11.5. The number of esters is 1. The van der Waals surface area contributed by atoms with E-state index in [4.69, 9.17) is 4.74 Å². The summed E-state index contributed by atoms with van der Waals surface area (Å²) >= 11 is 0. The van der Waals surface area contributed by atoms with E-state index in [-0.39, 0.29) is 24.4 Å². The fourth-order valence-electron chi connectivity index (χ4n) is 3.21. The molecule has 148 valence electrons. The number of methoxy groups -OCH3 is 1. The van der Waals surface area contributed by atoms with Gasteiger partial charge in [-0.2, -0.15) is 0 Å². The van der Waals surface area contributed by atoms with E-state index in [2.05, 4.69) is 24.5 Å². The summed E-state index contributed by atoms with van der Waals surface area (Å²) in [4.78, 5) is 18.4. The van der Waals surface area contributed by atoms with Crippen LogP contribution >= 0.6 is 12.4 Å². The lowest BCUT2D eigenvalue weighted by molar-refractivity contribution is -0.147. The number of hydrogen-bond donors (Lipinski definition) is 1. The van der Waals surface area contributed by atoms with Crippen molar-refractivity contribution < 1.29 is 14.3 Å². The van der Waals surface area contributed by atoms with Gasteiger partial charge in [0.15, 0.2) is 6.10 Å². The van der Waals surface area contributed by atoms with Crippen LogP contribution in [0.3, 0.4) is 0 Å². The number of carbonyl (C=O) groups excluding carboxylic acids is 1. The van der Waals surface area contributed by atoms with E-state index in [9.17, 15) is 4.79 Å². The maximum absolute atomic E-state index is 11.5. The van der Waals surface area contributed by atoms with Crippen LogP contribution in [0.4, 0.5) is 0 Å². The van der Waals surface area contributed by atoms with Gasteiger partial charge in [0.1, 0.15) is 11.6 Å². The molecule has 2 heterocycles. The SMILES string of the molecule is COC(=O)C(C)Oc1ccc(CN2CCNCC2c2nccn2C)cc1.Cl. The summed E-state index contributed by atoms with van der Waals surface area (Å²) in [5.41, 5.74) is 1.20. The van der Waals surface area contributed by atoms with Crippen LogP contribution in [-0.2, 0) is 23.1 Å². The molecule has 1 fully saturated rings. The van der Waals surface area contributed by atoms with Gasteiger partial charge in [-0.1, -0.05) is 12.1 Å². The van der Waals surface area contributed by atoms with Crippen LogP contribution in [0.2, 0.25) is 0 Å². The first kappa shape index (κ1) is 21.2. The van der Waals surface area contributed by atoms with Gasteiger partial charge in [-0.15, -0.1) is 12.4 Å². The molecule has 2 aromatic rings. The Balaban J connectivity index is 0.00000261. The average molecular weight is 395 g/mol. The monoisotopic (exact) mass is 394 g/mol. The minimum absolute atomic E-state index is 0. The average Bonchev–Trinajstić information content (AvgIpc) is 3.09. The fraction of sp³-hybridized carbons (Fsp3) is 0.474. The van der Waals surface area contributed by atoms with Crippen molar-refractivity contribution in [2.75, 3.05) is 26.7 Å². The lowest BCUT2D eigenvalue weighted by atomic mass is 10.1. The topological polar surface area (TPSA) is 68.6 Å². The summed E-state index contributed by atoms with van der Waals surface area (Å²) in [6.07, 6.45) is 3.21. The van der Waals surface area contributed by atoms with Crippen LogP contribution in [-0.4, -0.2) is 53.3 Å². The van der Waals surface area contributed by atoms with Gasteiger partial charge in [0.05, 0.1) is 13.2 Å². The summed E-state index contributed by atoms with van der Waals surface area (Å²) < 4.78 is 12.4. The molecule has 0 bridgehead atoms. The lowest BCUT2D eigenvalue weighted by Crippen LogP contribution is -2.46. The number of piperazine rings is 1. The summed E-state index contributed by atoms with van der Waals surface area (Å²) in [6, 6.07) is 8.12. The second kappa shape index (κ2) is 9.73. The third kappa shape index (κ3) is 5.22. The van der Waals surface area contributed by atoms with Crippen molar-refractivity contribution >= 4 is 18.4 Å². The van der Waals surface area contributed by atoms with Crippen LogP contribution < -0.4 is 10.1 Å². The predicted molar refractivity (Wildman–Crippen MR) is 105 cm³/mol. The molecule has 1 aliphatic rings. The predicted octanol–water partition coefficient (Wildman–Crippen LogP) is 1.93. The number of hydrogen-bond acceptors (Lipinski definition) is 6. The van der Waals surface area contributed by atoms with Gasteiger partial charge < -0.3 is 19.4 Å². The van der Waals surface area contributed by atoms with E-state index in [0.717, 1.165) is 32.0 Å². The molecule has 1 aliphatic heterocycles. The van der Waals surface area contributed by atoms with Crippen molar-refractivity contribution in [3.63, 3.8) is 0 Å². The van der Waals surface area contributed by atoms with Crippen molar-refractivity contribution in [2.24, 2.45) is 7.05 Å². The second-order valence-corrected chi connectivity index (χ2v) is 6.51. The van der Waals surface area contributed by atoms with Gasteiger partial charge >= 0.3 is 5.97 Å². The highest BCUT2D eigenvalue weighted by Crippen LogP contribution is 2.23. The molecule has 1 saturated heterocycles. The van der Waals surface area contributed by atoms with Crippen molar-refractivity contribution in [2.45, 2.75) is 25.6 Å². The minimum Gasteiger partial charge on any atom is -0.479 e. The van der Waals surface area contributed by atoms with E-state index in [1.165, 1.54) is 12.7 Å². The van der Waals surface area contributed by atoms with Crippen LogP contribution in [0.1, 0.15) is 24.4 Å². The third-order valence-corrected chi connectivity index (χ3v) is 4.67. The van der Waals surface area contributed by atoms with E-state index in [1.807, 2.05) is 43.7 Å². The molecule has 1 aromatic heterocycles. The molecule has 2 atom stereocenters. The Morgan fingerprint density at radius 3 is 2.74 bits per heavy atom. The first-order valence-electron chi connectivity index (χ1n) is 8.84. The molecule has 8 heteroatoms. The van der Waals surface area contributed by atoms with Gasteiger partial charge in [0.25, 0.3) is 0 Å². The number of nitrogens with zero attached hydrogens (tertiary/aromatic N) is 3. The van der Waals surface area contributed by atoms with Crippen molar-refractivity contribution in [1.29, 1.82) is 0 Å². The van der Waals surface area contributed by atoms with E-state index in [0.29, 0.717) is 5.75 Å². The molecule has 7 nitrogen and oxygen atoms in total. The zero-order chi connectivity index (χ0) is 18.5. The first-order valence-corrected chi connectivity index (χ1v) is 8.84. The number of carbonyl (C=O) groups is 1. The van der Waals surface area contributed by atoms with Crippen molar-refractivity contribution in [1.82, 2.24) is 19.8 Å². The molecule has 0 radical (unpaired) electrons. The largest absolute Gasteiger partial charge is 0.479 e. The molecule has 1 aromatic carbocycles. The molecule has 0 spiro atoms. The highest BCUT2D eigenvalue weighted by atomic mass is 35.5. The van der Waals surface area contributed by atoms with Gasteiger partial charge in [0.2, 0.25) is 0 Å². The molecule has 0 saturated carbocycles. The van der Waals surface area contributed by atoms with Gasteiger partial charge in [-0.05, 0) is 24.6 Å². The number of aryl methyl sites for hydroxylation is 1. The highest BCUT2D eigenvalue weighted by Gasteiger charge is 2.26. The van der Waals surface area contributed by atoms with E-state index < -0.39 is 6.10 Å². The quantitative estimate of drug-likeness (QED) is 0.755. The van der Waals surface area contributed by atoms with Gasteiger partial charge in [0, 0.05) is 45.6 Å². The molecular weight excluding hydrogens is 368 g/mol.